The third kappa shape index (κ3) is 3.26. The number of nitrogens with one attached hydrogen (secondary N) is 1. The highest BCUT2D eigenvalue weighted by molar-refractivity contribution is 9.10. The number of anilines is 1. The number of hydrogen-bond donors (Lipinski definition) is 1. The summed E-state index contributed by atoms with van der Waals surface area (Å²) >= 11 is 5.20. The number of pyridine rings is 1. The molecule has 90 valence electrons. The van der Waals surface area contributed by atoms with E-state index in [0.29, 0.717) is 5.92 Å². The molecule has 2 heterocycles. The second kappa shape index (κ2) is 5.60. The van der Waals surface area contributed by atoms with Crippen LogP contribution in [-0.2, 0) is 0 Å². The fourth-order valence-electron chi connectivity index (χ4n) is 1.48. The number of nitrogens with zero attached hydrogens (tertiary/aromatic N) is 2. The van der Waals surface area contributed by atoms with Gasteiger partial charge in [-0.25, -0.2) is 9.97 Å². The third-order valence-corrected chi connectivity index (χ3v) is 4.04. The Morgan fingerprint density at radius 1 is 1.47 bits per heavy atom. The molecule has 2 aromatic heterocycles. The van der Waals surface area contributed by atoms with Crippen molar-refractivity contribution in [2.24, 2.45) is 0 Å². The first-order valence-corrected chi connectivity index (χ1v) is 7.09. The molecule has 3 nitrogen and oxygen atoms in total. The van der Waals surface area contributed by atoms with E-state index in [9.17, 15) is 0 Å². The Bertz CT molecular complexity index is 485. The highest BCUT2D eigenvalue weighted by Crippen LogP contribution is 2.23. The first-order valence-electron chi connectivity index (χ1n) is 5.42. The SMILES string of the molecule is Cc1cnc(NCC(C)c2nccs2)c(Br)c1. The second-order valence-electron chi connectivity index (χ2n) is 4.00. The maximum Gasteiger partial charge on any atom is 0.140 e. The molecule has 0 aliphatic carbocycles. The predicted molar refractivity (Wildman–Crippen MR) is 75.7 cm³/mol. The summed E-state index contributed by atoms with van der Waals surface area (Å²) in [6.45, 7) is 5.02. The number of halogens is 1. The predicted octanol–water partition coefficient (Wildman–Crippen LogP) is 3.82. The fraction of sp³-hybridized carbons (Fsp3) is 0.333. The standard InChI is InChI=1S/C12H14BrN3S/c1-8-5-10(13)11(15-6-8)16-7-9(2)12-14-3-4-17-12/h3-6,9H,7H2,1-2H3,(H,15,16). The smallest absolute Gasteiger partial charge is 0.140 e. The minimum Gasteiger partial charge on any atom is -0.368 e. The summed E-state index contributed by atoms with van der Waals surface area (Å²) in [6, 6.07) is 2.06. The summed E-state index contributed by atoms with van der Waals surface area (Å²) in [6.07, 6.45) is 3.71. The van der Waals surface area contributed by atoms with Crippen molar-refractivity contribution < 1.29 is 0 Å². The lowest BCUT2D eigenvalue weighted by molar-refractivity contribution is 0.791. The molecule has 0 spiro atoms. The molecule has 0 saturated carbocycles. The Kier molecular flexibility index (Phi) is 4.12. The van der Waals surface area contributed by atoms with Gasteiger partial charge in [0, 0.05) is 30.2 Å². The molecule has 0 saturated heterocycles. The number of aromatic nitrogens is 2. The molecular formula is C12H14BrN3S. The molecule has 0 aliphatic heterocycles. The summed E-state index contributed by atoms with van der Waals surface area (Å²) in [7, 11) is 0. The average molecular weight is 312 g/mol. The Morgan fingerprint density at radius 2 is 2.29 bits per heavy atom. The molecule has 1 unspecified atom stereocenters. The lowest BCUT2D eigenvalue weighted by Crippen LogP contribution is -2.11. The fourth-order valence-corrected chi connectivity index (χ4v) is 2.78. The zero-order valence-electron chi connectivity index (χ0n) is 9.77. The minimum atomic E-state index is 0.394. The van der Waals surface area contributed by atoms with E-state index in [2.05, 4.69) is 44.2 Å². The van der Waals surface area contributed by atoms with Crippen molar-refractivity contribution in [3.8, 4) is 0 Å². The lowest BCUT2D eigenvalue weighted by Gasteiger charge is -2.12. The number of aryl methyl sites for hydroxylation is 1. The quantitative estimate of drug-likeness (QED) is 0.932. The molecule has 5 heteroatoms. The van der Waals surface area contributed by atoms with Crippen molar-refractivity contribution in [1.82, 2.24) is 9.97 Å². The summed E-state index contributed by atoms with van der Waals surface area (Å²) in [5, 5.41) is 6.50. The summed E-state index contributed by atoms with van der Waals surface area (Å²) in [5.41, 5.74) is 1.15. The van der Waals surface area contributed by atoms with E-state index in [4.69, 9.17) is 0 Å². The lowest BCUT2D eigenvalue weighted by atomic mass is 10.2. The first kappa shape index (κ1) is 12.5. The third-order valence-electron chi connectivity index (χ3n) is 2.43. The van der Waals surface area contributed by atoms with Crippen LogP contribution < -0.4 is 5.32 Å². The highest BCUT2D eigenvalue weighted by atomic mass is 79.9. The van der Waals surface area contributed by atoms with Gasteiger partial charge in [0.1, 0.15) is 5.82 Å². The van der Waals surface area contributed by atoms with Gasteiger partial charge in [-0.2, -0.15) is 0 Å². The maximum atomic E-state index is 4.36. The van der Waals surface area contributed by atoms with Crippen LogP contribution in [0, 0.1) is 6.92 Å². The molecule has 17 heavy (non-hydrogen) atoms. The summed E-state index contributed by atoms with van der Waals surface area (Å²) < 4.78 is 1.00. The molecule has 1 atom stereocenters. The van der Waals surface area contributed by atoms with Gasteiger partial charge in [0.05, 0.1) is 9.48 Å². The number of rotatable bonds is 4. The topological polar surface area (TPSA) is 37.8 Å². The molecule has 0 aromatic carbocycles. The molecular weight excluding hydrogens is 298 g/mol. The van der Waals surface area contributed by atoms with Gasteiger partial charge in [0.25, 0.3) is 0 Å². The minimum absolute atomic E-state index is 0.394. The normalized spacial score (nSPS) is 12.4. The maximum absolute atomic E-state index is 4.36. The molecule has 2 rings (SSSR count). The van der Waals surface area contributed by atoms with Crippen LogP contribution in [0.4, 0.5) is 5.82 Å². The van der Waals surface area contributed by atoms with Crippen LogP contribution in [-0.4, -0.2) is 16.5 Å². The highest BCUT2D eigenvalue weighted by Gasteiger charge is 2.09. The van der Waals surface area contributed by atoms with E-state index < -0.39 is 0 Å². The van der Waals surface area contributed by atoms with Gasteiger partial charge in [0.15, 0.2) is 0 Å². The number of thiazole rings is 1. The summed E-state index contributed by atoms with van der Waals surface area (Å²) in [4.78, 5) is 8.67. The van der Waals surface area contributed by atoms with Gasteiger partial charge in [-0.15, -0.1) is 11.3 Å². The molecule has 1 N–H and O–H groups in total. The first-order chi connectivity index (χ1) is 8.16. The van der Waals surface area contributed by atoms with Crippen LogP contribution in [0.5, 0.6) is 0 Å². The zero-order chi connectivity index (χ0) is 12.3. The zero-order valence-corrected chi connectivity index (χ0v) is 12.2. The number of hydrogen-bond acceptors (Lipinski definition) is 4. The Morgan fingerprint density at radius 3 is 2.94 bits per heavy atom. The van der Waals surface area contributed by atoms with Crippen LogP contribution in [0.2, 0.25) is 0 Å². The molecule has 2 aromatic rings. The van der Waals surface area contributed by atoms with E-state index in [1.807, 2.05) is 24.7 Å². The largest absolute Gasteiger partial charge is 0.368 e. The van der Waals surface area contributed by atoms with Crippen molar-refractivity contribution in [1.29, 1.82) is 0 Å². The van der Waals surface area contributed by atoms with Crippen LogP contribution in [0.1, 0.15) is 23.4 Å². The van der Waals surface area contributed by atoms with Crippen LogP contribution >= 0.6 is 27.3 Å². The van der Waals surface area contributed by atoms with E-state index in [1.54, 1.807) is 11.3 Å². The molecule has 0 bridgehead atoms. The van der Waals surface area contributed by atoms with E-state index >= 15 is 0 Å². The van der Waals surface area contributed by atoms with Gasteiger partial charge in [0.2, 0.25) is 0 Å². The van der Waals surface area contributed by atoms with Gasteiger partial charge >= 0.3 is 0 Å². The van der Waals surface area contributed by atoms with Crippen molar-refractivity contribution in [3.05, 3.63) is 38.9 Å². The van der Waals surface area contributed by atoms with Crippen molar-refractivity contribution in [2.45, 2.75) is 19.8 Å². The van der Waals surface area contributed by atoms with Crippen LogP contribution in [0.3, 0.4) is 0 Å². The van der Waals surface area contributed by atoms with Gasteiger partial charge in [-0.1, -0.05) is 6.92 Å². The molecule has 0 fully saturated rings. The molecule has 0 radical (unpaired) electrons. The van der Waals surface area contributed by atoms with E-state index in [-0.39, 0.29) is 0 Å². The molecule has 0 aliphatic rings. The monoisotopic (exact) mass is 311 g/mol. The summed E-state index contributed by atoms with van der Waals surface area (Å²) in [5.74, 6) is 1.28. The van der Waals surface area contributed by atoms with Crippen molar-refractivity contribution >= 4 is 33.1 Å². The van der Waals surface area contributed by atoms with Crippen LogP contribution in [0.15, 0.2) is 28.3 Å². The van der Waals surface area contributed by atoms with Gasteiger partial charge in [-0.3, -0.25) is 0 Å². The average Bonchev–Trinajstić information content (AvgIpc) is 2.81. The van der Waals surface area contributed by atoms with E-state index in [0.717, 1.165) is 27.4 Å². The Hall–Kier alpha value is -0.940. The van der Waals surface area contributed by atoms with Crippen molar-refractivity contribution in [2.75, 3.05) is 11.9 Å². The van der Waals surface area contributed by atoms with Gasteiger partial charge in [-0.05, 0) is 34.5 Å². The van der Waals surface area contributed by atoms with E-state index in [1.165, 1.54) is 0 Å². The van der Waals surface area contributed by atoms with Crippen molar-refractivity contribution in [3.63, 3.8) is 0 Å². The van der Waals surface area contributed by atoms with Gasteiger partial charge < -0.3 is 5.32 Å². The molecule has 0 amide bonds. The second-order valence-corrected chi connectivity index (χ2v) is 5.78. The Balaban J connectivity index is 1.98. The van der Waals surface area contributed by atoms with Crippen LogP contribution in [0.25, 0.3) is 0 Å². The Labute approximate surface area is 113 Å².